The summed E-state index contributed by atoms with van der Waals surface area (Å²) in [6, 6.07) is 9.54. The molecule has 0 spiro atoms. The van der Waals surface area contributed by atoms with Crippen molar-refractivity contribution in [3.8, 4) is 11.5 Å². The van der Waals surface area contributed by atoms with Gasteiger partial charge in [-0.05, 0) is 120 Å². The van der Waals surface area contributed by atoms with Crippen molar-refractivity contribution < 1.29 is 46.5 Å². The van der Waals surface area contributed by atoms with Gasteiger partial charge in [0, 0.05) is 82.4 Å². The summed E-state index contributed by atoms with van der Waals surface area (Å²) in [5, 5.41) is 0. The lowest BCUT2D eigenvalue weighted by Gasteiger charge is -2.38. The highest BCUT2D eigenvalue weighted by Crippen LogP contribution is 2.46. The number of halogens is 3. The molecule has 3 aliphatic heterocycles. The van der Waals surface area contributed by atoms with Crippen LogP contribution < -0.4 is 14.4 Å². The molecule has 4 aliphatic rings. The Morgan fingerprint density at radius 2 is 1.18 bits per heavy atom. The maximum Gasteiger partial charge on any atom is 0.416 e. The van der Waals surface area contributed by atoms with Crippen molar-refractivity contribution in [3.63, 3.8) is 0 Å². The molecule has 0 bridgehead atoms. The Balaban J connectivity index is 1.11. The van der Waals surface area contributed by atoms with Gasteiger partial charge >= 0.3 is 18.4 Å². The number of amides is 3. The van der Waals surface area contributed by atoms with E-state index in [0.29, 0.717) is 88.8 Å². The molecular weight excluding hydrogens is 790 g/mol. The number of likely N-dealkylation sites (tertiary alicyclic amines) is 2. The first kappa shape index (κ1) is 46.2. The normalized spacial score (nSPS) is 22.3. The molecule has 4 fully saturated rings. The molecule has 0 aromatic heterocycles. The van der Waals surface area contributed by atoms with Crippen LogP contribution in [0.15, 0.2) is 36.4 Å². The zero-order valence-corrected chi connectivity index (χ0v) is 37.7. The first-order valence-electron chi connectivity index (χ1n) is 22.1. The molecule has 14 heteroatoms. The van der Waals surface area contributed by atoms with E-state index in [0.717, 1.165) is 49.1 Å². The minimum absolute atomic E-state index is 0.0986. The van der Waals surface area contributed by atoms with E-state index in [2.05, 4.69) is 20.8 Å². The van der Waals surface area contributed by atoms with Gasteiger partial charge in [0.15, 0.2) is 0 Å². The highest BCUT2D eigenvalue weighted by atomic mass is 19.4. The molecule has 1 saturated carbocycles. The molecular formula is C47H67F3N4O7. The number of carbonyl (C=O) groups is 3. The molecule has 3 amide bonds. The van der Waals surface area contributed by atoms with Crippen LogP contribution >= 0.6 is 0 Å². The Labute approximate surface area is 360 Å². The Morgan fingerprint density at radius 1 is 0.607 bits per heavy atom. The minimum atomic E-state index is -4.58. The summed E-state index contributed by atoms with van der Waals surface area (Å²) in [7, 11) is 0. The third-order valence-electron chi connectivity index (χ3n) is 12.3. The molecule has 2 aromatic carbocycles. The zero-order valence-electron chi connectivity index (χ0n) is 37.7. The molecule has 3 saturated heterocycles. The number of benzene rings is 2. The van der Waals surface area contributed by atoms with Gasteiger partial charge in [-0.1, -0.05) is 20.8 Å². The van der Waals surface area contributed by atoms with Gasteiger partial charge in [0.05, 0.1) is 12.1 Å². The van der Waals surface area contributed by atoms with Crippen molar-refractivity contribution in [3.05, 3.63) is 53.1 Å². The van der Waals surface area contributed by atoms with Crippen LogP contribution in [0.3, 0.4) is 0 Å². The van der Waals surface area contributed by atoms with Gasteiger partial charge in [0.2, 0.25) is 0 Å². The number of piperidine rings is 1. The minimum Gasteiger partial charge on any atom is -0.490 e. The van der Waals surface area contributed by atoms with Crippen LogP contribution in [0, 0.1) is 11.3 Å². The average molecular weight is 857 g/mol. The predicted molar refractivity (Wildman–Crippen MR) is 228 cm³/mol. The van der Waals surface area contributed by atoms with Crippen molar-refractivity contribution >= 4 is 23.8 Å². The van der Waals surface area contributed by atoms with Gasteiger partial charge in [-0.25, -0.2) is 9.59 Å². The maximum absolute atomic E-state index is 14.1. The molecule has 338 valence electrons. The fourth-order valence-electron chi connectivity index (χ4n) is 8.90. The van der Waals surface area contributed by atoms with E-state index in [-0.39, 0.29) is 41.3 Å². The molecule has 3 heterocycles. The van der Waals surface area contributed by atoms with Gasteiger partial charge in [-0.3, -0.25) is 4.79 Å². The van der Waals surface area contributed by atoms with Crippen LogP contribution in [0.2, 0.25) is 0 Å². The van der Waals surface area contributed by atoms with E-state index in [1.807, 2.05) is 43.9 Å². The Morgan fingerprint density at radius 3 is 1.75 bits per heavy atom. The highest BCUT2D eigenvalue weighted by Gasteiger charge is 2.37. The molecule has 11 nitrogen and oxygen atoms in total. The van der Waals surface area contributed by atoms with Crippen molar-refractivity contribution in [1.82, 2.24) is 14.7 Å². The van der Waals surface area contributed by atoms with Gasteiger partial charge in [0.1, 0.15) is 34.9 Å². The van der Waals surface area contributed by atoms with Crippen LogP contribution in [0.25, 0.3) is 0 Å². The van der Waals surface area contributed by atoms with E-state index in [1.165, 1.54) is 0 Å². The van der Waals surface area contributed by atoms with Crippen molar-refractivity contribution in [1.29, 1.82) is 0 Å². The van der Waals surface area contributed by atoms with E-state index >= 15 is 0 Å². The second kappa shape index (κ2) is 18.2. The quantitative estimate of drug-likeness (QED) is 0.271. The largest absolute Gasteiger partial charge is 0.490 e. The lowest BCUT2D eigenvalue weighted by molar-refractivity contribution is -0.137. The first-order chi connectivity index (χ1) is 28.4. The Bertz CT molecular complexity index is 1860. The first-order valence-corrected chi connectivity index (χ1v) is 22.1. The third kappa shape index (κ3) is 12.4. The lowest BCUT2D eigenvalue weighted by Crippen LogP contribution is -2.50. The van der Waals surface area contributed by atoms with Crippen LogP contribution in [0.4, 0.5) is 28.4 Å². The van der Waals surface area contributed by atoms with E-state index in [9.17, 15) is 27.6 Å². The Kier molecular flexibility index (Phi) is 13.7. The molecule has 2 aromatic rings. The maximum atomic E-state index is 14.1. The molecule has 1 atom stereocenters. The summed E-state index contributed by atoms with van der Waals surface area (Å²) in [6.45, 7) is 20.9. The van der Waals surface area contributed by atoms with Gasteiger partial charge in [0.25, 0.3) is 5.91 Å². The predicted octanol–water partition coefficient (Wildman–Crippen LogP) is 10.2. The summed E-state index contributed by atoms with van der Waals surface area (Å²) in [4.78, 5) is 46.4. The van der Waals surface area contributed by atoms with Crippen molar-refractivity contribution in [2.45, 2.75) is 143 Å². The summed E-state index contributed by atoms with van der Waals surface area (Å²) < 4.78 is 66.4. The van der Waals surface area contributed by atoms with Crippen molar-refractivity contribution in [2.75, 3.05) is 57.3 Å². The molecule has 0 unspecified atom stereocenters. The number of carbonyl (C=O) groups excluding carboxylic acids is 3. The number of rotatable bonds is 7. The number of hydrogen-bond donors (Lipinski definition) is 0. The van der Waals surface area contributed by atoms with Gasteiger partial charge < -0.3 is 38.5 Å². The third-order valence-corrected chi connectivity index (χ3v) is 12.3. The van der Waals surface area contributed by atoms with Crippen LogP contribution in [-0.4, -0.2) is 109 Å². The molecule has 1 aliphatic carbocycles. The number of piperazine rings is 1. The fourth-order valence-corrected chi connectivity index (χ4v) is 8.90. The zero-order chi connectivity index (χ0) is 44.5. The number of alkyl halides is 3. The smallest absolute Gasteiger partial charge is 0.416 e. The monoisotopic (exact) mass is 856 g/mol. The van der Waals surface area contributed by atoms with Crippen molar-refractivity contribution in [2.24, 2.45) is 11.3 Å². The SMILES string of the molecule is CC(C)(C)OC(=O)N1CCN(c2cc(OC3CCN(C(=O)c4ccc(O[C@H]5CCN(C(=O)OC(C)(C)C)C5)c(C5CCC(C(C)(C)C)CC5)c4)CC3)cc(C(F)(F)F)c2)CC1. The summed E-state index contributed by atoms with van der Waals surface area (Å²) in [5.74, 6) is 1.63. The summed E-state index contributed by atoms with van der Waals surface area (Å²) >= 11 is 0. The lowest BCUT2D eigenvalue weighted by atomic mass is 9.68. The molecule has 0 N–H and O–H groups in total. The van der Waals surface area contributed by atoms with Crippen LogP contribution in [-0.2, 0) is 15.7 Å². The van der Waals surface area contributed by atoms with E-state index < -0.39 is 29.0 Å². The summed E-state index contributed by atoms with van der Waals surface area (Å²) in [5.41, 5.74) is 0.171. The standard InChI is InChI=1S/C47H67F3N4O7/c1-44(2,3)33-13-10-31(11-14-33)39-26-32(12-15-40(39)59-37-18-21-54(30-37)43(57)61-46(7,8)9)41(55)52-19-16-36(17-20-52)58-38-28-34(47(48,49)50)27-35(29-38)51-22-24-53(25-23-51)42(56)60-45(4,5)6/h12,15,26-29,31,33,36-37H,10-11,13-14,16-25,30H2,1-9H3/t31?,33?,37-/m0/s1. The average Bonchev–Trinajstić information content (AvgIpc) is 3.65. The number of hydrogen-bond acceptors (Lipinski definition) is 8. The second-order valence-electron chi connectivity index (χ2n) is 20.4. The van der Waals surface area contributed by atoms with Crippen LogP contribution in [0.1, 0.15) is 135 Å². The van der Waals surface area contributed by atoms with E-state index in [4.69, 9.17) is 18.9 Å². The topological polar surface area (TPSA) is 101 Å². The second-order valence-corrected chi connectivity index (χ2v) is 20.4. The van der Waals surface area contributed by atoms with Crippen LogP contribution in [0.5, 0.6) is 11.5 Å². The van der Waals surface area contributed by atoms with E-state index in [1.54, 1.807) is 41.5 Å². The number of anilines is 1. The fraction of sp³-hybridized carbons (Fsp3) is 0.681. The molecule has 0 radical (unpaired) electrons. The number of nitrogens with zero attached hydrogens (tertiary/aromatic N) is 4. The Hall–Kier alpha value is -4.36. The number of ether oxygens (including phenoxy) is 4. The summed E-state index contributed by atoms with van der Waals surface area (Å²) in [6.07, 6.45) is -0.155. The molecule has 6 rings (SSSR count). The van der Waals surface area contributed by atoms with Gasteiger partial charge in [-0.2, -0.15) is 13.2 Å². The van der Waals surface area contributed by atoms with Gasteiger partial charge in [-0.15, -0.1) is 0 Å². The molecule has 61 heavy (non-hydrogen) atoms. The highest BCUT2D eigenvalue weighted by molar-refractivity contribution is 5.94.